The first-order valence-corrected chi connectivity index (χ1v) is 11.9. The molecule has 1 aliphatic rings. The second kappa shape index (κ2) is 11.1. The summed E-state index contributed by atoms with van der Waals surface area (Å²) in [4.78, 5) is 9.03. The zero-order valence-corrected chi connectivity index (χ0v) is 20.5. The van der Waals surface area contributed by atoms with Crippen molar-refractivity contribution in [3.63, 3.8) is 0 Å². The normalized spacial score (nSPS) is 16.1. The van der Waals surface area contributed by atoms with Crippen LogP contribution in [-0.2, 0) is 4.74 Å². The Hall–Kier alpha value is -3.83. The number of anilines is 3. The molecule has 8 heteroatoms. The maximum Gasteiger partial charge on any atom is 0.169 e. The SMILES string of the molecule is CC(C)OCC#Cc1cc(N2CCN(c3cc(-c4ccccc4O)nnc3N)CC[C@H]2C)ccn1. The van der Waals surface area contributed by atoms with Gasteiger partial charge in [0.2, 0.25) is 0 Å². The van der Waals surface area contributed by atoms with E-state index in [9.17, 15) is 5.11 Å². The average Bonchev–Trinajstić information content (AvgIpc) is 3.04. The molecule has 1 fully saturated rings. The first-order valence-electron chi connectivity index (χ1n) is 11.9. The number of aromatic nitrogens is 3. The molecule has 0 unspecified atom stereocenters. The van der Waals surface area contributed by atoms with Crippen molar-refractivity contribution in [2.75, 3.05) is 41.8 Å². The van der Waals surface area contributed by atoms with Crippen molar-refractivity contribution in [1.29, 1.82) is 0 Å². The lowest BCUT2D eigenvalue weighted by Crippen LogP contribution is -2.35. The molecule has 0 saturated carbocycles. The molecule has 182 valence electrons. The van der Waals surface area contributed by atoms with E-state index in [1.165, 1.54) is 0 Å². The minimum atomic E-state index is 0.156. The zero-order valence-electron chi connectivity index (χ0n) is 20.5. The smallest absolute Gasteiger partial charge is 0.169 e. The van der Waals surface area contributed by atoms with Crippen molar-refractivity contribution in [3.05, 3.63) is 54.4 Å². The summed E-state index contributed by atoms with van der Waals surface area (Å²) in [5.41, 5.74) is 10.1. The predicted octanol–water partition coefficient (Wildman–Crippen LogP) is 3.71. The molecule has 4 rings (SSSR count). The van der Waals surface area contributed by atoms with Gasteiger partial charge in [-0.3, -0.25) is 0 Å². The van der Waals surface area contributed by atoms with Crippen LogP contribution in [0.5, 0.6) is 5.75 Å². The van der Waals surface area contributed by atoms with Gasteiger partial charge in [-0.2, -0.15) is 0 Å². The molecule has 0 radical (unpaired) electrons. The molecule has 0 amide bonds. The molecular weight excluding hydrogens is 440 g/mol. The van der Waals surface area contributed by atoms with Gasteiger partial charge < -0.3 is 25.4 Å². The third-order valence-electron chi connectivity index (χ3n) is 6.06. The molecule has 3 heterocycles. The number of nitrogen functional groups attached to an aromatic ring is 1. The second-order valence-corrected chi connectivity index (χ2v) is 8.90. The van der Waals surface area contributed by atoms with Gasteiger partial charge in [-0.15, -0.1) is 10.2 Å². The van der Waals surface area contributed by atoms with Gasteiger partial charge in [-0.25, -0.2) is 4.98 Å². The number of benzene rings is 1. The monoisotopic (exact) mass is 472 g/mol. The largest absolute Gasteiger partial charge is 0.507 e. The van der Waals surface area contributed by atoms with Crippen LogP contribution in [0.3, 0.4) is 0 Å². The van der Waals surface area contributed by atoms with E-state index in [1.54, 1.807) is 18.3 Å². The highest BCUT2D eigenvalue weighted by atomic mass is 16.5. The van der Waals surface area contributed by atoms with Crippen LogP contribution in [0.25, 0.3) is 11.3 Å². The first kappa shape index (κ1) is 24.3. The third-order valence-corrected chi connectivity index (χ3v) is 6.06. The Bertz CT molecular complexity index is 1220. The summed E-state index contributed by atoms with van der Waals surface area (Å²) >= 11 is 0. The number of ether oxygens (including phenoxy) is 1. The number of hydrogen-bond acceptors (Lipinski definition) is 8. The molecular formula is C27H32N6O2. The number of rotatable bonds is 5. The van der Waals surface area contributed by atoms with Gasteiger partial charge in [-0.1, -0.05) is 18.1 Å². The van der Waals surface area contributed by atoms with E-state index in [4.69, 9.17) is 10.5 Å². The number of phenols is 1. The highest BCUT2D eigenvalue weighted by Gasteiger charge is 2.24. The summed E-state index contributed by atoms with van der Waals surface area (Å²) in [5.74, 6) is 6.69. The minimum absolute atomic E-state index is 0.156. The van der Waals surface area contributed by atoms with Crippen molar-refractivity contribution in [2.45, 2.75) is 39.3 Å². The molecule has 1 aliphatic heterocycles. The Morgan fingerprint density at radius 3 is 2.77 bits per heavy atom. The fraction of sp³-hybridized carbons (Fsp3) is 0.370. The highest BCUT2D eigenvalue weighted by molar-refractivity contribution is 5.74. The van der Waals surface area contributed by atoms with Crippen LogP contribution in [-0.4, -0.2) is 58.7 Å². The zero-order chi connectivity index (χ0) is 24.8. The van der Waals surface area contributed by atoms with Crippen LogP contribution in [0.15, 0.2) is 48.7 Å². The van der Waals surface area contributed by atoms with Crippen LogP contribution in [0.2, 0.25) is 0 Å². The van der Waals surface area contributed by atoms with E-state index in [0.717, 1.165) is 43.1 Å². The van der Waals surface area contributed by atoms with E-state index >= 15 is 0 Å². The van der Waals surface area contributed by atoms with Gasteiger partial charge in [-0.05, 0) is 63.4 Å². The molecule has 1 atom stereocenters. The van der Waals surface area contributed by atoms with Crippen molar-refractivity contribution in [1.82, 2.24) is 15.2 Å². The fourth-order valence-electron chi connectivity index (χ4n) is 4.15. The number of phenolic OH excluding ortho intramolecular Hbond substituents is 1. The standard InChI is InChI=1S/C27H32N6O2/c1-19(2)35-16-6-7-21-17-22(10-12-29-21)33-15-14-32(13-11-20(33)3)25-18-24(30-31-27(25)28)23-8-4-5-9-26(23)34/h4-5,8-10,12,17-20,34H,11,13-16H2,1-3H3,(H2,28,31)/t20-/m1/s1. The molecule has 8 nitrogen and oxygen atoms in total. The molecule has 3 N–H and O–H groups in total. The summed E-state index contributed by atoms with van der Waals surface area (Å²) < 4.78 is 5.50. The van der Waals surface area contributed by atoms with Crippen LogP contribution < -0.4 is 15.5 Å². The maximum atomic E-state index is 10.2. The van der Waals surface area contributed by atoms with E-state index in [2.05, 4.69) is 43.7 Å². The quantitative estimate of drug-likeness (QED) is 0.542. The Kier molecular flexibility index (Phi) is 7.68. The number of hydrogen-bond donors (Lipinski definition) is 2. The molecule has 1 saturated heterocycles. The summed E-state index contributed by atoms with van der Waals surface area (Å²) in [7, 11) is 0. The van der Waals surface area contributed by atoms with E-state index in [-0.39, 0.29) is 11.9 Å². The van der Waals surface area contributed by atoms with Crippen LogP contribution >= 0.6 is 0 Å². The lowest BCUT2D eigenvalue weighted by Gasteiger charge is -2.29. The summed E-state index contributed by atoms with van der Waals surface area (Å²) in [6, 6.07) is 13.4. The number of nitrogens with zero attached hydrogens (tertiary/aromatic N) is 5. The average molecular weight is 473 g/mol. The lowest BCUT2D eigenvalue weighted by atomic mass is 10.1. The molecule has 35 heavy (non-hydrogen) atoms. The number of para-hydroxylation sites is 1. The Morgan fingerprint density at radius 1 is 1.14 bits per heavy atom. The van der Waals surface area contributed by atoms with Gasteiger partial charge >= 0.3 is 0 Å². The maximum absolute atomic E-state index is 10.2. The molecule has 0 spiro atoms. The second-order valence-electron chi connectivity index (χ2n) is 8.90. The van der Waals surface area contributed by atoms with Crippen molar-refractivity contribution < 1.29 is 9.84 Å². The molecule has 0 aliphatic carbocycles. The number of aromatic hydroxyl groups is 1. The van der Waals surface area contributed by atoms with Gasteiger partial charge in [0.1, 0.15) is 18.1 Å². The van der Waals surface area contributed by atoms with Gasteiger partial charge in [0, 0.05) is 43.1 Å². The van der Waals surface area contributed by atoms with Crippen LogP contribution in [0.4, 0.5) is 17.2 Å². The van der Waals surface area contributed by atoms with Gasteiger partial charge in [0.05, 0.1) is 17.5 Å². The topological polar surface area (TPSA) is 101 Å². The van der Waals surface area contributed by atoms with Crippen molar-refractivity contribution >= 4 is 17.2 Å². The number of nitrogens with two attached hydrogens (primary N) is 1. The van der Waals surface area contributed by atoms with Crippen LogP contribution in [0.1, 0.15) is 32.9 Å². The van der Waals surface area contributed by atoms with Gasteiger partial charge in [0.15, 0.2) is 5.82 Å². The number of pyridine rings is 1. The lowest BCUT2D eigenvalue weighted by molar-refractivity contribution is 0.107. The summed E-state index contributed by atoms with van der Waals surface area (Å²) in [5, 5.41) is 18.6. The van der Waals surface area contributed by atoms with Crippen molar-refractivity contribution in [3.8, 4) is 28.8 Å². The summed E-state index contributed by atoms with van der Waals surface area (Å²) in [6.07, 6.45) is 2.91. The summed E-state index contributed by atoms with van der Waals surface area (Å²) in [6.45, 7) is 9.02. The Balaban J connectivity index is 1.52. The highest BCUT2D eigenvalue weighted by Crippen LogP contribution is 2.32. The Morgan fingerprint density at radius 2 is 1.97 bits per heavy atom. The predicted molar refractivity (Wildman–Crippen MR) is 139 cm³/mol. The third kappa shape index (κ3) is 6.00. The van der Waals surface area contributed by atoms with E-state index < -0.39 is 0 Å². The van der Waals surface area contributed by atoms with Crippen LogP contribution in [0, 0.1) is 11.8 Å². The molecule has 0 bridgehead atoms. The van der Waals surface area contributed by atoms with E-state index in [1.807, 2.05) is 44.2 Å². The Labute approximate surface area is 206 Å². The fourth-order valence-corrected chi connectivity index (χ4v) is 4.15. The molecule has 1 aromatic carbocycles. The van der Waals surface area contributed by atoms with E-state index in [0.29, 0.717) is 29.7 Å². The minimum Gasteiger partial charge on any atom is -0.507 e. The van der Waals surface area contributed by atoms with Gasteiger partial charge in [0.25, 0.3) is 0 Å². The molecule has 3 aromatic rings. The van der Waals surface area contributed by atoms with Crippen molar-refractivity contribution in [2.24, 2.45) is 0 Å². The first-order chi connectivity index (χ1) is 16.9. The molecule has 2 aromatic heterocycles.